The Hall–Kier alpha value is -1.39. The van der Waals surface area contributed by atoms with Crippen LogP contribution in [-0.4, -0.2) is 16.9 Å². The van der Waals surface area contributed by atoms with E-state index in [1.165, 1.54) is 18.2 Å². The van der Waals surface area contributed by atoms with Crippen LogP contribution in [0.1, 0.15) is 5.76 Å². The molecule has 1 aromatic carbocycles. The summed E-state index contributed by atoms with van der Waals surface area (Å²) in [6.45, 7) is -0.0351. The van der Waals surface area contributed by atoms with Gasteiger partial charge in [0.15, 0.2) is 0 Å². The quantitative estimate of drug-likeness (QED) is 0.899. The van der Waals surface area contributed by atoms with E-state index in [0.717, 1.165) is 0 Å². The molecule has 3 nitrogen and oxygen atoms in total. The zero-order valence-electron chi connectivity index (χ0n) is 8.28. The minimum Gasteiger partial charge on any atom is -0.396 e. The Morgan fingerprint density at radius 1 is 1.38 bits per heavy atom. The fourth-order valence-electron chi connectivity index (χ4n) is 1.36. The third-order valence-electron chi connectivity index (χ3n) is 2.12. The van der Waals surface area contributed by atoms with Crippen molar-refractivity contribution >= 4 is 11.6 Å². The molecule has 0 spiro atoms. The molecule has 5 heteroatoms. The van der Waals surface area contributed by atoms with Gasteiger partial charge in [0.25, 0.3) is 0 Å². The number of aromatic nitrogens is 1. The van der Waals surface area contributed by atoms with Crippen LogP contribution in [0.5, 0.6) is 0 Å². The highest BCUT2D eigenvalue weighted by Crippen LogP contribution is 2.25. The van der Waals surface area contributed by atoms with Crippen molar-refractivity contribution in [2.24, 2.45) is 0 Å². The molecule has 0 aliphatic rings. The summed E-state index contributed by atoms with van der Waals surface area (Å²) in [5.74, 6) is 0.102. The van der Waals surface area contributed by atoms with Crippen LogP contribution in [0.15, 0.2) is 28.8 Å². The third kappa shape index (κ3) is 2.23. The smallest absolute Gasteiger partial charge is 0.139 e. The number of halogens is 2. The Morgan fingerprint density at radius 3 is 2.94 bits per heavy atom. The summed E-state index contributed by atoms with van der Waals surface area (Å²) in [6, 6.07) is 5.82. The van der Waals surface area contributed by atoms with Crippen LogP contribution < -0.4 is 0 Å². The van der Waals surface area contributed by atoms with Crippen molar-refractivity contribution in [1.29, 1.82) is 0 Å². The van der Waals surface area contributed by atoms with Crippen molar-refractivity contribution in [2.75, 3.05) is 6.61 Å². The fourth-order valence-corrected chi connectivity index (χ4v) is 1.53. The van der Waals surface area contributed by atoms with Gasteiger partial charge in [-0.1, -0.05) is 16.8 Å². The average Bonchev–Trinajstić information content (AvgIpc) is 2.71. The van der Waals surface area contributed by atoms with Crippen LogP contribution in [0.25, 0.3) is 11.3 Å². The van der Waals surface area contributed by atoms with Gasteiger partial charge in [-0.15, -0.1) is 0 Å². The molecule has 0 amide bonds. The van der Waals surface area contributed by atoms with Crippen molar-refractivity contribution in [3.8, 4) is 11.3 Å². The number of aliphatic hydroxyl groups excluding tert-OH is 1. The second-order valence-corrected chi connectivity index (χ2v) is 3.71. The third-order valence-corrected chi connectivity index (χ3v) is 2.36. The van der Waals surface area contributed by atoms with Crippen LogP contribution >= 0.6 is 11.6 Å². The first kappa shape index (κ1) is 11.1. The SMILES string of the molecule is OCCc1cc(-c2cc(Cl)ccc2F)no1. The van der Waals surface area contributed by atoms with Gasteiger partial charge in [-0.3, -0.25) is 0 Å². The molecule has 0 radical (unpaired) electrons. The van der Waals surface area contributed by atoms with Crippen LogP contribution in [0.4, 0.5) is 4.39 Å². The van der Waals surface area contributed by atoms with Crippen LogP contribution in [0, 0.1) is 5.82 Å². The average molecular weight is 242 g/mol. The molecule has 0 saturated carbocycles. The van der Waals surface area contributed by atoms with Gasteiger partial charge >= 0.3 is 0 Å². The maximum Gasteiger partial charge on any atom is 0.139 e. The molecule has 0 unspecified atom stereocenters. The summed E-state index contributed by atoms with van der Waals surface area (Å²) >= 11 is 5.77. The molecule has 0 atom stereocenters. The van der Waals surface area contributed by atoms with Gasteiger partial charge in [0.1, 0.15) is 17.3 Å². The number of hydrogen-bond acceptors (Lipinski definition) is 3. The highest BCUT2D eigenvalue weighted by atomic mass is 35.5. The normalized spacial score (nSPS) is 10.7. The van der Waals surface area contributed by atoms with E-state index >= 15 is 0 Å². The van der Waals surface area contributed by atoms with E-state index in [9.17, 15) is 4.39 Å². The van der Waals surface area contributed by atoms with Crippen LogP contribution in [0.3, 0.4) is 0 Å². The van der Waals surface area contributed by atoms with Gasteiger partial charge in [-0.05, 0) is 18.2 Å². The lowest BCUT2D eigenvalue weighted by molar-refractivity contribution is 0.277. The first-order chi connectivity index (χ1) is 7.70. The summed E-state index contributed by atoms with van der Waals surface area (Å²) in [4.78, 5) is 0. The summed E-state index contributed by atoms with van der Waals surface area (Å²) in [7, 11) is 0. The maximum atomic E-state index is 13.5. The topological polar surface area (TPSA) is 46.3 Å². The summed E-state index contributed by atoms with van der Waals surface area (Å²) in [5.41, 5.74) is 0.670. The molecule has 0 bridgehead atoms. The number of nitrogens with zero attached hydrogens (tertiary/aromatic N) is 1. The zero-order valence-corrected chi connectivity index (χ0v) is 9.04. The van der Waals surface area contributed by atoms with Gasteiger partial charge in [-0.25, -0.2) is 4.39 Å². The Balaban J connectivity index is 2.38. The van der Waals surface area contributed by atoms with Crippen molar-refractivity contribution < 1.29 is 14.0 Å². The molecule has 1 N–H and O–H groups in total. The Bertz CT molecular complexity index is 498. The standard InChI is InChI=1S/C11H9ClFNO2/c12-7-1-2-10(13)9(5-7)11-6-8(3-4-15)16-14-11/h1-2,5-6,15H,3-4H2. The van der Waals surface area contributed by atoms with Gasteiger partial charge in [0, 0.05) is 23.1 Å². The summed E-state index contributed by atoms with van der Waals surface area (Å²) < 4.78 is 18.4. The molecule has 1 aromatic heterocycles. The molecule has 0 aliphatic carbocycles. The van der Waals surface area contributed by atoms with Gasteiger partial charge in [0.2, 0.25) is 0 Å². The monoisotopic (exact) mass is 241 g/mol. The highest BCUT2D eigenvalue weighted by Gasteiger charge is 2.11. The molecule has 0 aliphatic heterocycles. The lowest BCUT2D eigenvalue weighted by atomic mass is 10.1. The first-order valence-corrected chi connectivity index (χ1v) is 5.10. The zero-order chi connectivity index (χ0) is 11.5. The largest absolute Gasteiger partial charge is 0.396 e. The lowest BCUT2D eigenvalue weighted by Gasteiger charge is -1.98. The van der Waals surface area contributed by atoms with E-state index in [0.29, 0.717) is 28.5 Å². The van der Waals surface area contributed by atoms with E-state index in [2.05, 4.69) is 5.16 Å². The predicted molar refractivity (Wildman–Crippen MR) is 57.7 cm³/mol. The minimum absolute atomic E-state index is 0.0351. The highest BCUT2D eigenvalue weighted by molar-refractivity contribution is 6.30. The van der Waals surface area contributed by atoms with E-state index in [-0.39, 0.29) is 6.61 Å². The van der Waals surface area contributed by atoms with Crippen LogP contribution in [0.2, 0.25) is 5.02 Å². The molecule has 0 saturated heterocycles. The van der Waals surface area contributed by atoms with E-state index in [1.807, 2.05) is 0 Å². The number of benzene rings is 1. The lowest BCUT2D eigenvalue weighted by Crippen LogP contribution is -1.86. The molecule has 1 heterocycles. The molecular weight excluding hydrogens is 233 g/mol. The molecule has 2 aromatic rings. The number of rotatable bonds is 3. The van der Waals surface area contributed by atoms with Crippen molar-refractivity contribution in [3.63, 3.8) is 0 Å². The number of hydrogen-bond donors (Lipinski definition) is 1. The molecule has 16 heavy (non-hydrogen) atoms. The van der Waals surface area contributed by atoms with E-state index < -0.39 is 5.82 Å². The van der Waals surface area contributed by atoms with Crippen molar-refractivity contribution in [1.82, 2.24) is 5.16 Å². The van der Waals surface area contributed by atoms with E-state index in [4.69, 9.17) is 21.2 Å². The molecule has 84 valence electrons. The molecule has 0 fully saturated rings. The maximum absolute atomic E-state index is 13.5. The Morgan fingerprint density at radius 2 is 2.19 bits per heavy atom. The predicted octanol–water partition coefficient (Wildman–Crippen LogP) is 2.67. The van der Waals surface area contributed by atoms with Gasteiger partial charge in [-0.2, -0.15) is 0 Å². The molecular formula is C11H9ClFNO2. The second kappa shape index (κ2) is 4.63. The van der Waals surface area contributed by atoms with E-state index in [1.54, 1.807) is 6.07 Å². The number of aliphatic hydroxyl groups is 1. The fraction of sp³-hybridized carbons (Fsp3) is 0.182. The summed E-state index contributed by atoms with van der Waals surface area (Å²) in [5, 5.41) is 12.9. The second-order valence-electron chi connectivity index (χ2n) is 3.28. The van der Waals surface area contributed by atoms with Crippen molar-refractivity contribution in [2.45, 2.75) is 6.42 Å². The molecule has 2 rings (SSSR count). The Labute approximate surface area is 96.4 Å². The van der Waals surface area contributed by atoms with Crippen molar-refractivity contribution in [3.05, 3.63) is 40.9 Å². The minimum atomic E-state index is -0.409. The van der Waals surface area contributed by atoms with Crippen LogP contribution in [-0.2, 0) is 6.42 Å². The summed E-state index contributed by atoms with van der Waals surface area (Å²) in [6.07, 6.45) is 0.356. The van der Waals surface area contributed by atoms with Gasteiger partial charge < -0.3 is 9.63 Å². The first-order valence-electron chi connectivity index (χ1n) is 4.72. The Kier molecular flexibility index (Phi) is 3.22. The van der Waals surface area contributed by atoms with Gasteiger partial charge in [0.05, 0.1) is 6.61 Å².